The topological polar surface area (TPSA) is 188 Å². The Morgan fingerprint density at radius 1 is 1.16 bits per heavy atom. The van der Waals surface area contributed by atoms with Crippen molar-refractivity contribution in [3.05, 3.63) is 59.9 Å². The van der Waals surface area contributed by atoms with Gasteiger partial charge in [0.15, 0.2) is 5.65 Å². The lowest BCUT2D eigenvalue weighted by molar-refractivity contribution is -0.161. The van der Waals surface area contributed by atoms with Gasteiger partial charge in [0.25, 0.3) is 5.91 Å². The SMILES string of the molecule is CC1(C)S[C@@H]2[C@H](NC(=O)C(NC(=O)c3cnc4ncccc4c3N)c3ccc(O)cc3)C(=O)N2[C@H]1C(=O)O. The molecule has 2 aliphatic rings. The zero-order chi connectivity index (χ0) is 27.4. The van der Waals surface area contributed by atoms with Crippen molar-refractivity contribution in [2.24, 2.45) is 0 Å². The van der Waals surface area contributed by atoms with Gasteiger partial charge in [-0.2, -0.15) is 0 Å². The maximum Gasteiger partial charge on any atom is 0.327 e. The number of β-lactam (4-membered cyclic amide) rings is 1. The van der Waals surface area contributed by atoms with Gasteiger partial charge < -0.3 is 31.5 Å². The number of hydrogen-bond donors (Lipinski definition) is 5. The van der Waals surface area contributed by atoms with E-state index in [1.807, 2.05) is 0 Å². The Balaban J connectivity index is 1.41. The lowest BCUT2D eigenvalue weighted by Crippen LogP contribution is -2.71. The van der Waals surface area contributed by atoms with Crippen LogP contribution in [0.3, 0.4) is 0 Å². The van der Waals surface area contributed by atoms with Crippen LogP contribution in [0.4, 0.5) is 5.69 Å². The normalized spacial score (nSPS) is 22.3. The summed E-state index contributed by atoms with van der Waals surface area (Å²) in [5.41, 5.74) is 7.08. The summed E-state index contributed by atoms with van der Waals surface area (Å²) in [5.74, 6) is -3.04. The average Bonchev–Trinajstić information content (AvgIpc) is 3.14. The Hall–Kier alpha value is -4.39. The Kier molecular flexibility index (Phi) is 6.10. The van der Waals surface area contributed by atoms with Gasteiger partial charge in [0.2, 0.25) is 11.8 Å². The Labute approximate surface area is 220 Å². The number of carbonyl (C=O) groups is 4. The van der Waals surface area contributed by atoms with Crippen molar-refractivity contribution < 1.29 is 29.4 Å². The number of nitrogen functional groups attached to an aromatic ring is 1. The lowest BCUT2D eigenvalue weighted by Gasteiger charge is -2.44. The van der Waals surface area contributed by atoms with Crippen LogP contribution in [0.1, 0.15) is 35.8 Å². The van der Waals surface area contributed by atoms with Crippen LogP contribution in [0.5, 0.6) is 5.75 Å². The van der Waals surface area contributed by atoms with E-state index in [4.69, 9.17) is 5.73 Å². The van der Waals surface area contributed by atoms with Crippen molar-refractivity contribution >= 4 is 52.2 Å². The largest absolute Gasteiger partial charge is 0.508 e. The van der Waals surface area contributed by atoms with Gasteiger partial charge in [0.1, 0.15) is 29.2 Å². The summed E-state index contributed by atoms with van der Waals surface area (Å²) in [4.78, 5) is 60.9. The second-order valence-corrected chi connectivity index (χ2v) is 11.3. The number of carboxylic acid groups (broad SMARTS) is 1. The number of phenols is 1. The second-order valence-electron chi connectivity index (χ2n) is 9.54. The van der Waals surface area contributed by atoms with E-state index in [1.165, 1.54) is 47.1 Å². The van der Waals surface area contributed by atoms with E-state index in [-0.39, 0.29) is 17.0 Å². The molecule has 0 radical (unpaired) electrons. The van der Waals surface area contributed by atoms with Gasteiger partial charge in [-0.1, -0.05) is 12.1 Å². The zero-order valence-corrected chi connectivity index (χ0v) is 21.1. The number of amides is 3. The molecule has 13 heteroatoms. The molecule has 1 unspecified atom stereocenters. The summed E-state index contributed by atoms with van der Waals surface area (Å²) in [7, 11) is 0. The van der Waals surface area contributed by atoms with Gasteiger partial charge >= 0.3 is 5.97 Å². The van der Waals surface area contributed by atoms with Crippen LogP contribution >= 0.6 is 11.8 Å². The molecule has 2 aromatic heterocycles. The number of nitrogens with two attached hydrogens (primary N) is 1. The summed E-state index contributed by atoms with van der Waals surface area (Å²) in [6, 6.07) is 5.74. The number of thioether (sulfide) groups is 1. The number of anilines is 1. The minimum absolute atomic E-state index is 0.0328. The van der Waals surface area contributed by atoms with E-state index in [0.29, 0.717) is 16.6 Å². The molecule has 2 fully saturated rings. The maximum absolute atomic E-state index is 13.5. The number of nitrogens with zero attached hydrogens (tertiary/aromatic N) is 3. The first-order valence-electron chi connectivity index (χ1n) is 11.6. The fourth-order valence-electron chi connectivity index (χ4n) is 4.79. The number of benzene rings is 1. The van der Waals surface area contributed by atoms with Crippen molar-refractivity contribution in [1.82, 2.24) is 25.5 Å². The van der Waals surface area contributed by atoms with E-state index in [0.717, 1.165) is 0 Å². The quantitative estimate of drug-likeness (QED) is 0.285. The highest BCUT2D eigenvalue weighted by atomic mass is 32.2. The number of rotatable bonds is 6. The number of fused-ring (bicyclic) bond motifs is 2. The van der Waals surface area contributed by atoms with Crippen molar-refractivity contribution in [3.63, 3.8) is 0 Å². The molecule has 1 aromatic carbocycles. The first-order chi connectivity index (χ1) is 18.0. The average molecular weight is 537 g/mol. The molecule has 38 heavy (non-hydrogen) atoms. The molecule has 0 aliphatic carbocycles. The highest BCUT2D eigenvalue weighted by Gasteiger charge is 2.64. The number of carbonyl (C=O) groups excluding carboxylic acids is 3. The summed E-state index contributed by atoms with van der Waals surface area (Å²) >= 11 is 1.29. The minimum atomic E-state index is -1.26. The monoisotopic (exact) mass is 536 g/mol. The molecule has 0 saturated carbocycles. The van der Waals surface area contributed by atoms with E-state index in [1.54, 1.807) is 32.2 Å². The second kappa shape index (κ2) is 9.17. The van der Waals surface area contributed by atoms with Gasteiger partial charge in [-0.3, -0.25) is 14.4 Å². The molecule has 5 rings (SSSR count). The van der Waals surface area contributed by atoms with E-state index >= 15 is 0 Å². The highest BCUT2D eigenvalue weighted by molar-refractivity contribution is 8.01. The maximum atomic E-state index is 13.5. The van der Waals surface area contributed by atoms with E-state index in [2.05, 4.69) is 20.6 Å². The van der Waals surface area contributed by atoms with Crippen LogP contribution in [-0.4, -0.2) is 71.0 Å². The third-order valence-corrected chi connectivity index (χ3v) is 8.24. The predicted octanol–water partition coefficient (Wildman–Crippen LogP) is 1.02. The number of aliphatic carboxylic acids is 1. The zero-order valence-electron chi connectivity index (χ0n) is 20.3. The molecule has 196 valence electrons. The summed E-state index contributed by atoms with van der Waals surface area (Å²) < 4.78 is -0.758. The fraction of sp³-hybridized carbons (Fsp3) is 0.280. The van der Waals surface area contributed by atoms with Gasteiger partial charge in [-0.15, -0.1) is 11.8 Å². The van der Waals surface area contributed by atoms with Crippen LogP contribution in [0.25, 0.3) is 11.0 Å². The predicted molar refractivity (Wildman–Crippen MR) is 138 cm³/mol. The van der Waals surface area contributed by atoms with Crippen molar-refractivity contribution in [3.8, 4) is 5.75 Å². The molecule has 0 spiro atoms. The molecule has 3 amide bonds. The number of aromatic hydroxyl groups is 1. The Morgan fingerprint density at radius 2 is 1.87 bits per heavy atom. The molecule has 0 bridgehead atoms. The first kappa shape index (κ1) is 25.3. The molecular formula is C25H24N6O6S. The van der Waals surface area contributed by atoms with Crippen LogP contribution in [0, 0.1) is 0 Å². The Bertz CT molecular complexity index is 1480. The van der Waals surface area contributed by atoms with Gasteiger partial charge in [0.05, 0.1) is 11.3 Å². The number of pyridine rings is 2. The van der Waals surface area contributed by atoms with Gasteiger partial charge in [0, 0.05) is 22.5 Å². The van der Waals surface area contributed by atoms with E-state index in [9.17, 15) is 29.4 Å². The summed E-state index contributed by atoms with van der Waals surface area (Å²) in [5, 5.41) is 24.6. The molecule has 6 N–H and O–H groups in total. The minimum Gasteiger partial charge on any atom is -0.508 e. The fourth-order valence-corrected chi connectivity index (χ4v) is 6.41. The van der Waals surface area contributed by atoms with Crippen LogP contribution in [-0.2, 0) is 14.4 Å². The smallest absolute Gasteiger partial charge is 0.327 e. The van der Waals surface area contributed by atoms with Gasteiger partial charge in [-0.05, 0) is 43.7 Å². The molecule has 12 nitrogen and oxygen atoms in total. The van der Waals surface area contributed by atoms with Crippen LogP contribution in [0.2, 0.25) is 0 Å². The number of phenolic OH excluding ortho intramolecular Hbond substituents is 1. The third-order valence-electron chi connectivity index (χ3n) is 6.66. The summed E-state index contributed by atoms with van der Waals surface area (Å²) in [6.45, 7) is 3.47. The highest BCUT2D eigenvalue weighted by Crippen LogP contribution is 2.50. The standard InChI is InChI=1S/C25H24N6O6S/c1-25(2)18(24(36)37)31-22(35)17(23(31)38-25)30-21(34)16(11-5-7-12(32)8-6-11)29-20(33)14-10-28-19-13(15(14)26)4-3-9-27-19/h3-10,16-18,23,32H,1-2H3,(H,29,33)(H,30,34)(H,36,37)(H2,26,27,28)/t16?,17-,18+,23-/m1/s1. The van der Waals surface area contributed by atoms with Crippen LogP contribution < -0.4 is 16.4 Å². The molecular weight excluding hydrogens is 512 g/mol. The van der Waals surface area contributed by atoms with Crippen LogP contribution in [0.15, 0.2) is 48.8 Å². The number of aromatic nitrogens is 2. The van der Waals surface area contributed by atoms with Crippen molar-refractivity contribution in [1.29, 1.82) is 0 Å². The van der Waals surface area contributed by atoms with Gasteiger partial charge in [-0.25, -0.2) is 14.8 Å². The van der Waals surface area contributed by atoms with Crippen molar-refractivity contribution in [2.45, 2.75) is 42.1 Å². The molecule has 2 saturated heterocycles. The number of nitrogens with one attached hydrogen (secondary N) is 2. The number of hydrogen-bond acceptors (Lipinski definition) is 9. The Morgan fingerprint density at radius 3 is 2.55 bits per heavy atom. The molecule has 3 aromatic rings. The molecule has 4 atom stereocenters. The first-order valence-corrected chi connectivity index (χ1v) is 12.5. The third kappa shape index (κ3) is 4.14. The molecule has 2 aliphatic heterocycles. The summed E-state index contributed by atoms with van der Waals surface area (Å²) in [6.07, 6.45) is 2.81. The molecule has 4 heterocycles. The number of carboxylic acids is 1. The lowest BCUT2D eigenvalue weighted by atomic mass is 9.95. The van der Waals surface area contributed by atoms with E-state index < -0.39 is 51.9 Å². The van der Waals surface area contributed by atoms with Crippen molar-refractivity contribution in [2.75, 3.05) is 5.73 Å².